The molecule has 178 valence electrons. The monoisotopic (exact) mass is 491 g/mol. The van der Waals surface area contributed by atoms with Crippen LogP contribution in [-0.2, 0) is 9.53 Å². The first kappa shape index (κ1) is 23.1. The van der Waals surface area contributed by atoms with Gasteiger partial charge in [0, 0.05) is 47.6 Å². The topological polar surface area (TPSA) is 74.4 Å². The molecule has 0 unspecified atom stereocenters. The Balaban J connectivity index is 1.66. The van der Waals surface area contributed by atoms with Crippen molar-refractivity contribution in [3.8, 4) is 0 Å². The van der Waals surface area contributed by atoms with E-state index < -0.39 is 17.8 Å². The first-order valence-electron chi connectivity index (χ1n) is 11.2. The van der Waals surface area contributed by atoms with E-state index >= 15 is 0 Å². The Labute approximate surface area is 206 Å². The standard InChI is InChI=1S/C27H23ClFN3O3/c1-35-13-12-32-25(20-15-30-23-9-5-4-6-17(20)23)24(18-7-2-3-8-19(18)27(32)34)26(33)31-16-10-11-22(29)21(28)14-16/h2-11,14-15,24-25,30H,12-13H2,1H3,(H,31,33)/t24-,25+/m1/s1. The number of methoxy groups -OCH3 is 1. The third-order valence-corrected chi connectivity index (χ3v) is 6.67. The molecule has 0 radical (unpaired) electrons. The molecule has 6 nitrogen and oxygen atoms in total. The summed E-state index contributed by atoms with van der Waals surface area (Å²) >= 11 is 5.94. The predicted molar refractivity (Wildman–Crippen MR) is 133 cm³/mol. The number of hydrogen-bond donors (Lipinski definition) is 2. The largest absolute Gasteiger partial charge is 0.383 e. The average Bonchev–Trinajstić information content (AvgIpc) is 3.29. The third kappa shape index (κ3) is 4.17. The molecule has 0 aliphatic carbocycles. The summed E-state index contributed by atoms with van der Waals surface area (Å²) in [5.41, 5.74) is 3.21. The molecule has 0 saturated carbocycles. The molecule has 4 aromatic rings. The fraction of sp³-hybridized carbons (Fsp3) is 0.185. The van der Waals surface area contributed by atoms with E-state index in [0.717, 1.165) is 16.5 Å². The highest BCUT2D eigenvalue weighted by atomic mass is 35.5. The number of H-pyrrole nitrogens is 1. The number of rotatable bonds is 6. The Morgan fingerprint density at radius 2 is 1.89 bits per heavy atom. The summed E-state index contributed by atoms with van der Waals surface area (Å²) in [5.74, 6) is -1.79. The van der Waals surface area contributed by atoms with Gasteiger partial charge >= 0.3 is 0 Å². The number of aromatic nitrogens is 1. The van der Waals surface area contributed by atoms with Gasteiger partial charge in [0.05, 0.1) is 23.6 Å². The molecule has 0 saturated heterocycles. The number of fused-ring (bicyclic) bond motifs is 2. The first-order chi connectivity index (χ1) is 17.0. The van der Waals surface area contributed by atoms with Crippen molar-refractivity contribution in [3.63, 3.8) is 0 Å². The van der Waals surface area contributed by atoms with Gasteiger partial charge in [-0.2, -0.15) is 0 Å². The first-order valence-corrected chi connectivity index (χ1v) is 11.6. The van der Waals surface area contributed by atoms with Gasteiger partial charge in [-0.25, -0.2) is 4.39 Å². The fourth-order valence-electron chi connectivity index (χ4n) is 4.79. The number of benzene rings is 3. The minimum Gasteiger partial charge on any atom is -0.383 e. The van der Waals surface area contributed by atoms with Crippen LogP contribution in [0.5, 0.6) is 0 Å². The Morgan fingerprint density at radius 1 is 1.11 bits per heavy atom. The van der Waals surface area contributed by atoms with Crippen molar-refractivity contribution >= 4 is 40.0 Å². The quantitative estimate of drug-likeness (QED) is 0.372. The second-order valence-electron chi connectivity index (χ2n) is 8.41. The van der Waals surface area contributed by atoms with E-state index in [1.54, 1.807) is 24.1 Å². The predicted octanol–water partition coefficient (Wildman–Crippen LogP) is 5.53. The Hall–Kier alpha value is -3.68. The van der Waals surface area contributed by atoms with Gasteiger partial charge in [-0.15, -0.1) is 0 Å². The highest BCUT2D eigenvalue weighted by molar-refractivity contribution is 6.31. The van der Waals surface area contributed by atoms with Crippen LogP contribution < -0.4 is 5.32 Å². The van der Waals surface area contributed by atoms with Crippen molar-refractivity contribution < 1.29 is 18.7 Å². The molecule has 35 heavy (non-hydrogen) atoms. The molecule has 8 heteroatoms. The van der Waals surface area contributed by atoms with Gasteiger partial charge in [0.15, 0.2) is 0 Å². The number of amides is 2. The third-order valence-electron chi connectivity index (χ3n) is 6.38. The van der Waals surface area contributed by atoms with E-state index in [9.17, 15) is 14.0 Å². The highest BCUT2D eigenvalue weighted by Crippen LogP contribution is 2.45. The number of halogens is 2. The van der Waals surface area contributed by atoms with Crippen molar-refractivity contribution in [2.75, 3.05) is 25.6 Å². The number of anilines is 1. The molecule has 2 atom stereocenters. The van der Waals surface area contributed by atoms with Crippen LogP contribution in [0.15, 0.2) is 72.9 Å². The fourth-order valence-corrected chi connectivity index (χ4v) is 4.97. The van der Waals surface area contributed by atoms with Crippen LogP contribution in [-0.4, -0.2) is 42.0 Å². The maximum Gasteiger partial charge on any atom is 0.254 e. The molecule has 3 aromatic carbocycles. The number of carbonyl (C=O) groups excluding carboxylic acids is 2. The Morgan fingerprint density at radius 3 is 2.69 bits per heavy atom. The van der Waals surface area contributed by atoms with Crippen LogP contribution >= 0.6 is 11.6 Å². The lowest BCUT2D eigenvalue weighted by molar-refractivity contribution is -0.119. The van der Waals surface area contributed by atoms with Gasteiger partial charge in [-0.05, 0) is 35.9 Å². The van der Waals surface area contributed by atoms with Crippen molar-refractivity contribution in [1.29, 1.82) is 0 Å². The van der Waals surface area contributed by atoms with E-state index in [0.29, 0.717) is 30.0 Å². The zero-order chi connectivity index (χ0) is 24.5. The maximum atomic E-state index is 13.9. The summed E-state index contributed by atoms with van der Waals surface area (Å²) in [6.45, 7) is 0.620. The second-order valence-corrected chi connectivity index (χ2v) is 8.82. The van der Waals surface area contributed by atoms with Crippen molar-refractivity contribution in [2.45, 2.75) is 12.0 Å². The lowest BCUT2D eigenvalue weighted by Gasteiger charge is -2.41. The lowest BCUT2D eigenvalue weighted by Crippen LogP contribution is -2.47. The number of nitrogens with zero attached hydrogens (tertiary/aromatic N) is 1. The summed E-state index contributed by atoms with van der Waals surface area (Å²) < 4.78 is 19.0. The molecule has 1 aromatic heterocycles. The van der Waals surface area contributed by atoms with Crippen molar-refractivity contribution in [2.24, 2.45) is 0 Å². The maximum absolute atomic E-state index is 13.9. The van der Waals surface area contributed by atoms with Gasteiger partial charge in [-0.1, -0.05) is 48.0 Å². The highest BCUT2D eigenvalue weighted by Gasteiger charge is 2.44. The number of aromatic amines is 1. The second kappa shape index (κ2) is 9.52. The molecular formula is C27H23ClFN3O3. The van der Waals surface area contributed by atoms with E-state index in [2.05, 4.69) is 10.3 Å². The van der Waals surface area contributed by atoms with Crippen LogP contribution in [0.4, 0.5) is 10.1 Å². The smallest absolute Gasteiger partial charge is 0.254 e. The number of hydrogen-bond acceptors (Lipinski definition) is 3. The molecule has 0 spiro atoms. The van der Waals surface area contributed by atoms with Crippen molar-refractivity contribution in [3.05, 3.63) is 100 Å². The van der Waals surface area contributed by atoms with Gasteiger partial charge in [0.1, 0.15) is 5.82 Å². The van der Waals surface area contributed by atoms with Crippen LogP contribution in [0.1, 0.15) is 33.4 Å². The number of para-hydroxylation sites is 1. The van der Waals surface area contributed by atoms with E-state index in [4.69, 9.17) is 16.3 Å². The van der Waals surface area contributed by atoms with Gasteiger partial charge in [0.25, 0.3) is 5.91 Å². The molecular weight excluding hydrogens is 469 g/mol. The molecule has 0 fully saturated rings. The molecule has 2 amide bonds. The summed E-state index contributed by atoms with van der Waals surface area (Å²) in [6, 6.07) is 18.4. The molecule has 1 aliphatic heterocycles. The van der Waals surface area contributed by atoms with Crippen LogP contribution in [0.25, 0.3) is 10.9 Å². The van der Waals surface area contributed by atoms with Crippen LogP contribution in [0.2, 0.25) is 5.02 Å². The molecule has 1 aliphatic rings. The number of nitrogens with one attached hydrogen (secondary N) is 2. The molecule has 5 rings (SSSR count). The summed E-state index contributed by atoms with van der Waals surface area (Å²) in [7, 11) is 1.57. The van der Waals surface area contributed by atoms with E-state index in [-0.39, 0.29) is 16.8 Å². The minimum absolute atomic E-state index is 0.0862. The van der Waals surface area contributed by atoms with E-state index in [1.807, 2.05) is 42.6 Å². The van der Waals surface area contributed by atoms with Crippen LogP contribution in [0, 0.1) is 5.82 Å². The Bertz CT molecular complexity index is 1420. The van der Waals surface area contributed by atoms with E-state index in [1.165, 1.54) is 18.2 Å². The minimum atomic E-state index is -0.733. The zero-order valence-corrected chi connectivity index (χ0v) is 19.7. The summed E-state index contributed by atoms with van der Waals surface area (Å²) in [4.78, 5) is 32.5. The van der Waals surface area contributed by atoms with Gasteiger partial charge in [-0.3, -0.25) is 9.59 Å². The van der Waals surface area contributed by atoms with Crippen LogP contribution in [0.3, 0.4) is 0 Å². The zero-order valence-electron chi connectivity index (χ0n) is 18.9. The molecule has 2 heterocycles. The number of ether oxygens (including phenoxy) is 1. The molecule has 2 N–H and O–H groups in total. The normalized spacial score (nSPS) is 17.5. The lowest BCUT2D eigenvalue weighted by atomic mass is 9.79. The number of carbonyl (C=O) groups is 2. The Kier molecular flexibility index (Phi) is 6.28. The molecule has 0 bridgehead atoms. The van der Waals surface area contributed by atoms with Crippen molar-refractivity contribution in [1.82, 2.24) is 9.88 Å². The summed E-state index contributed by atoms with van der Waals surface area (Å²) in [5, 5.41) is 3.72. The average molecular weight is 492 g/mol. The SMILES string of the molecule is COCCN1C(=O)c2ccccc2[C@@H](C(=O)Nc2ccc(F)c(Cl)c2)[C@@H]1c1c[nH]c2ccccc12. The van der Waals surface area contributed by atoms with Gasteiger partial charge in [0.2, 0.25) is 5.91 Å². The summed E-state index contributed by atoms with van der Waals surface area (Å²) in [6.07, 6.45) is 1.85. The van der Waals surface area contributed by atoms with Gasteiger partial charge < -0.3 is 19.9 Å².